The van der Waals surface area contributed by atoms with Crippen LogP contribution >= 0.6 is 0 Å². The van der Waals surface area contributed by atoms with E-state index >= 15 is 0 Å². The van der Waals surface area contributed by atoms with Crippen LogP contribution in [0, 0.1) is 0 Å². The van der Waals surface area contributed by atoms with Gasteiger partial charge in [-0.25, -0.2) is 0 Å². The minimum absolute atomic E-state index is 0.227. The van der Waals surface area contributed by atoms with Gasteiger partial charge < -0.3 is 9.64 Å². The number of benzene rings is 2. The summed E-state index contributed by atoms with van der Waals surface area (Å²) < 4.78 is 5.94. The van der Waals surface area contributed by atoms with E-state index in [1.807, 2.05) is 12.1 Å². The molecule has 148 valence electrons. The first-order valence-corrected chi connectivity index (χ1v) is 9.50. The fraction of sp³-hybridized carbons (Fsp3) is 0.273. The van der Waals surface area contributed by atoms with Crippen LogP contribution in [0.2, 0.25) is 0 Å². The number of hydrogen-bond acceptors (Lipinski definition) is 5. The van der Waals surface area contributed by atoms with Gasteiger partial charge in [0.2, 0.25) is 11.8 Å². The molecule has 3 amide bonds. The van der Waals surface area contributed by atoms with Gasteiger partial charge in [-0.1, -0.05) is 30.3 Å². The lowest BCUT2D eigenvalue weighted by atomic mass is 10.1. The van der Waals surface area contributed by atoms with E-state index in [1.54, 1.807) is 30.3 Å². The Morgan fingerprint density at radius 1 is 1.10 bits per heavy atom. The van der Waals surface area contributed by atoms with Gasteiger partial charge in [0.15, 0.2) is 0 Å². The van der Waals surface area contributed by atoms with E-state index in [-0.39, 0.29) is 24.8 Å². The Bertz CT molecular complexity index is 983. The molecule has 1 saturated heterocycles. The number of rotatable bonds is 5. The second-order valence-electron chi connectivity index (χ2n) is 7.18. The summed E-state index contributed by atoms with van der Waals surface area (Å²) in [6.45, 7) is 0.558. The minimum Gasteiger partial charge on any atom is -0.489 e. The van der Waals surface area contributed by atoms with Crippen LogP contribution in [-0.4, -0.2) is 34.9 Å². The normalized spacial score (nSPS) is 18.8. The van der Waals surface area contributed by atoms with Gasteiger partial charge in [0.05, 0.1) is 6.54 Å². The molecule has 1 atom stereocenters. The van der Waals surface area contributed by atoms with Crippen molar-refractivity contribution in [1.82, 2.24) is 10.2 Å². The van der Waals surface area contributed by atoms with E-state index in [0.29, 0.717) is 36.3 Å². The van der Waals surface area contributed by atoms with Crippen LogP contribution in [0.1, 0.15) is 51.1 Å². The molecule has 2 aromatic carbocycles. The Balaban J connectivity index is 1.52. The Morgan fingerprint density at radius 2 is 1.90 bits per heavy atom. The molecule has 1 fully saturated rings. The predicted octanol–water partition coefficient (Wildman–Crippen LogP) is 2.23. The maximum Gasteiger partial charge on any atom is 0.255 e. The third-order valence-electron chi connectivity index (χ3n) is 5.29. The largest absolute Gasteiger partial charge is 0.489 e. The molecular weight excluding hydrogens is 372 g/mol. The Kier molecular flexibility index (Phi) is 5.12. The molecule has 7 heteroatoms. The Hall–Kier alpha value is -3.48. The highest BCUT2D eigenvalue weighted by Crippen LogP contribution is 2.33. The molecule has 0 radical (unpaired) electrons. The molecule has 0 saturated carbocycles. The van der Waals surface area contributed by atoms with Gasteiger partial charge in [-0.2, -0.15) is 0 Å². The molecule has 1 N–H and O–H groups in total. The van der Waals surface area contributed by atoms with Gasteiger partial charge in [0, 0.05) is 23.1 Å². The first kappa shape index (κ1) is 18.9. The van der Waals surface area contributed by atoms with E-state index in [1.165, 1.54) is 4.90 Å². The molecule has 0 bridgehead atoms. The van der Waals surface area contributed by atoms with E-state index in [4.69, 9.17) is 4.74 Å². The van der Waals surface area contributed by atoms with Gasteiger partial charge in [-0.3, -0.25) is 24.5 Å². The van der Waals surface area contributed by atoms with Crippen molar-refractivity contribution in [3.8, 4) is 5.75 Å². The highest BCUT2D eigenvalue weighted by atomic mass is 16.5. The van der Waals surface area contributed by atoms with Crippen LogP contribution in [0.3, 0.4) is 0 Å². The number of amides is 3. The number of imide groups is 1. The second-order valence-corrected chi connectivity index (χ2v) is 7.18. The number of carbonyl (C=O) groups is 4. The van der Waals surface area contributed by atoms with Crippen molar-refractivity contribution in [2.45, 2.75) is 38.5 Å². The lowest BCUT2D eigenvalue weighted by Crippen LogP contribution is -2.46. The first-order chi connectivity index (χ1) is 14.1. The number of nitrogens with zero attached hydrogens (tertiary/aromatic N) is 1. The molecule has 0 aliphatic carbocycles. The number of ether oxygens (including phenoxy) is 1. The molecule has 0 aromatic heterocycles. The molecule has 2 aromatic rings. The Labute approximate surface area is 167 Å². The molecule has 2 aliphatic heterocycles. The Morgan fingerprint density at radius 3 is 2.66 bits per heavy atom. The number of aldehydes is 1. The summed E-state index contributed by atoms with van der Waals surface area (Å²) in [6.07, 6.45) is 2.08. The SMILES string of the molecule is O=Cc1ccc(COc2cccc3c2CN([C@H]2CCCC(=O)NC2=O)C3=O)cc1. The lowest BCUT2D eigenvalue weighted by Gasteiger charge is -2.24. The molecule has 0 spiro atoms. The summed E-state index contributed by atoms with van der Waals surface area (Å²) in [5, 5.41) is 2.36. The van der Waals surface area contributed by atoms with E-state index in [0.717, 1.165) is 17.4 Å². The highest BCUT2D eigenvalue weighted by molar-refractivity contribution is 6.04. The van der Waals surface area contributed by atoms with Crippen LogP contribution in [0.15, 0.2) is 42.5 Å². The lowest BCUT2D eigenvalue weighted by molar-refractivity contribution is -0.132. The summed E-state index contributed by atoms with van der Waals surface area (Å²) in [6, 6.07) is 11.7. The van der Waals surface area contributed by atoms with Crippen molar-refractivity contribution in [2.24, 2.45) is 0 Å². The van der Waals surface area contributed by atoms with E-state index in [2.05, 4.69) is 5.32 Å². The van der Waals surface area contributed by atoms with Crippen molar-refractivity contribution >= 4 is 24.0 Å². The van der Waals surface area contributed by atoms with Gasteiger partial charge in [-0.05, 0) is 30.5 Å². The maximum atomic E-state index is 12.9. The van der Waals surface area contributed by atoms with Crippen molar-refractivity contribution in [3.63, 3.8) is 0 Å². The average Bonchev–Trinajstić information content (AvgIpc) is 2.96. The minimum atomic E-state index is -0.662. The number of nitrogens with one attached hydrogen (secondary N) is 1. The zero-order valence-corrected chi connectivity index (χ0v) is 15.7. The van der Waals surface area contributed by atoms with E-state index < -0.39 is 11.9 Å². The molecule has 0 unspecified atom stereocenters. The molecular formula is C22H20N2O5. The van der Waals surface area contributed by atoms with Gasteiger partial charge in [-0.15, -0.1) is 0 Å². The van der Waals surface area contributed by atoms with Crippen LogP contribution in [-0.2, 0) is 22.7 Å². The van der Waals surface area contributed by atoms with Crippen LogP contribution < -0.4 is 10.1 Å². The number of hydrogen-bond donors (Lipinski definition) is 1. The molecule has 2 aliphatic rings. The van der Waals surface area contributed by atoms with Crippen molar-refractivity contribution in [2.75, 3.05) is 0 Å². The predicted molar refractivity (Wildman–Crippen MR) is 103 cm³/mol. The third kappa shape index (κ3) is 3.76. The molecule has 29 heavy (non-hydrogen) atoms. The maximum absolute atomic E-state index is 12.9. The first-order valence-electron chi connectivity index (χ1n) is 9.50. The second kappa shape index (κ2) is 7.87. The zero-order valence-electron chi connectivity index (χ0n) is 15.7. The topological polar surface area (TPSA) is 92.8 Å². The van der Waals surface area contributed by atoms with Crippen LogP contribution in [0.4, 0.5) is 0 Å². The fourth-order valence-corrected chi connectivity index (χ4v) is 3.73. The fourth-order valence-electron chi connectivity index (χ4n) is 3.73. The standard InChI is InChI=1S/C22H20N2O5/c25-12-14-7-9-15(10-8-14)13-29-19-5-1-3-16-17(19)11-24(22(16)28)18-4-2-6-20(26)23-21(18)27/h1,3,5,7-10,12,18H,2,4,6,11,13H2,(H,23,26,27)/t18-/m0/s1. The van der Waals surface area contributed by atoms with Crippen LogP contribution in [0.5, 0.6) is 5.75 Å². The van der Waals surface area contributed by atoms with Crippen molar-refractivity contribution in [1.29, 1.82) is 0 Å². The van der Waals surface area contributed by atoms with Crippen molar-refractivity contribution < 1.29 is 23.9 Å². The third-order valence-corrected chi connectivity index (χ3v) is 5.29. The molecule has 2 heterocycles. The number of fused-ring (bicyclic) bond motifs is 1. The summed E-state index contributed by atoms with van der Waals surface area (Å²) in [5.41, 5.74) is 2.75. The monoisotopic (exact) mass is 392 g/mol. The molecule has 7 nitrogen and oxygen atoms in total. The summed E-state index contributed by atoms with van der Waals surface area (Å²) in [5.74, 6) is -0.365. The molecule has 4 rings (SSSR count). The van der Waals surface area contributed by atoms with Crippen LogP contribution in [0.25, 0.3) is 0 Å². The van der Waals surface area contributed by atoms with Gasteiger partial charge in [0.25, 0.3) is 5.91 Å². The highest BCUT2D eigenvalue weighted by Gasteiger charge is 2.39. The summed E-state index contributed by atoms with van der Waals surface area (Å²) in [7, 11) is 0. The van der Waals surface area contributed by atoms with Crippen molar-refractivity contribution in [3.05, 3.63) is 64.7 Å². The van der Waals surface area contributed by atoms with Gasteiger partial charge >= 0.3 is 0 Å². The average molecular weight is 392 g/mol. The van der Waals surface area contributed by atoms with Gasteiger partial charge in [0.1, 0.15) is 24.7 Å². The zero-order chi connectivity index (χ0) is 20.4. The van der Waals surface area contributed by atoms with E-state index in [9.17, 15) is 19.2 Å². The summed E-state index contributed by atoms with van der Waals surface area (Å²) in [4.78, 5) is 49.2. The summed E-state index contributed by atoms with van der Waals surface area (Å²) >= 11 is 0. The quantitative estimate of drug-likeness (QED) is 0.622. The smallest absolute Gasteiger partial charge is 0.255 e. The number of carbonyl (C=O) groups excluding carboxylic acids is 4.